The number of alkyl halides is 3. The number of thiazole rings is 1. The Hall–Kier alpha value is -1.71. The zero-order valence-electron chi connectivity index (χ0n) is 11.1. The third kappa shape index (κ3) is 2.44. The third-order valence-electron chi connectivity index (χ3n) is 3.44. The normalized spacial score (nSPS) is 17.6. The number of nitrogens with zero attached hydrogens (tertiary/aromatic N) is 2. The number of fused-ring (bicyclic) bond motifs is 1. The summed E-state index contributed by atoms with van der Waals surface area (Å²) in [4.78, 5) is 17.1. The number of para-hydroxylation sites is 1. The molecule has 1 amide bonds. The first-order chi connectivity index (χ1) is 10.2. The number of rotatable bonds is 2. The standard InChI is InChI=1S/C13H11F3N2O3S/c14-13(15,16)11-17-9-7(2-1-3-8(9)22-11)10(20)18-4-12(21,5-18)6-19/h1-3,19,21H,4-6H2. The summed E-state index contributed by atoms with van der Waals surface area (Å²) < 4.78 is 38.5. The van der Waals surface area contributed by atoms with Gasteiger partial charge in [-0.2, -0.15) is 13.2 Å². The number of amides is 1. The number of aliphatic hydroxyl groups is 2. The molecular weight excluding hydrogens is 321 g/mol. The minimum atomic E-state index is -4.56. The number of likely N-dealkylation sites (tertiary alicyclic amines) is 1. The Bertz CT molecular complexity index is 738. The van der Waals surface area contributed by atoms with E-state index in [1.165, 1.54) is 23.1 Å². The van der Waals surface area contributed by atoms with E-state index in [0.29, 0.717) is 11.3 Å². The quantitative estimate of drug-likeness (QED) is 0.874. The van der Waals surface area contributed by atoms with Crippen LogP contribution in [-0.2, 0) is 6.18 Å². The molecule has 5 nitrogen and oxygen atoms in total. The summed E-state index contributed by atoms with van der Waals surface area (Å²) in [6.45, 7) is -0.597. The number of carbonyl (C=O) groups excluding carboxylic acids is 1. The monoisotopic (exact) mass is 332 g/mol. The number of aromatic nitrogens is 1. The van der Waals surface area contributed by atoms with E-state index >= 15 is 0 Å². The van der Waals surface area contributed by atoms with Gasteiger partial charge in [-0.05, 0) is 12.1 Å². The summed E-state index contributed by atoms with van der Waals surface area (Å²) in [5.74, 6) is -0.511. The zero-order valence-corrected chi connectivity index (χ0v) is 11.9. The maximum Gasteiger partial charge on any atom is 0.443 e. The lowest BCUT2D eigenvalue weighted by Gasteiger charge is -2.45. The number of aliphatic hydroxyl groups excluding tert-OH is 1. The molecule has 118 valence electrons. The molecule has 1 aliphatic heterocycles. The first-order valence-corrected chi connectivity index (χ1v) is 7.14. The maximum atomic E-state index is 12.7. The van der Waals surface area contributed by atoms with Crippen LogP contribution in [0, 0.1) is 0 Å². The van der Waals surface area contributed by atoms with Crippen LogP contribution in [-0.4, -0.2) is 51.3 Å². The van der Waals surface area contributed by atoms with Crippen LogP contribution < -0.4 is 0 Å². The number of carbonyl (C=O) groups is 1. The molecule has 3 rings (SSSR count). The van der Waals surface area contributed by atoms with Crippen molar-refractivity contribution in [1.29, 1.82) is 0 Å². The average molecular weight is 332 g/mol. The van der Waals surface area contributed by atoms with Crippen LogP contribution in [0.2, 0.25) is 0 Å². The highest BCUT2D eigenvalue weighted by atomic mass is 32.1. The number of benzene rings is 1. The fraction of sp³-hybridized carbons (Fsp3) is 0.385. The van der Waals surface area contributed by atoms with E-state index in [9.17, 15) is 23.1 Å². The molecule has 0 atom stereocenters. The lowest BCUT2D eigenvalue weighted by Crippen LogP contribution is -2.65. The van der Waals surface area contributed by atoms with Crippen LogP contribution in [0.25, 0.3) is 10.2 Å². The van der Waals surface area contributed by atoms with Gasteiger partial charge >= 0.3 is 6.18 Å². The summed E-state index contributed by atoms with van der Waals surface area (Å²) in [6.07, 6.45) is -4.56. The Morgan fingerprint density at radius 1 is 1.41 bits per heavy atom. The van der Waals surface area contributed by atoms with Crippen molar-refractivity contribution >= 4 is 27.5 Å². The van der Waals surface area contributed by atoms with Gasteiger partial charge in [0, 0.05) is 0 Å². The number of hydrogen-bond donors (Lipinski definition) is 2. The van der Waals surface area contributed by atoms with Crippen LogP contribution in [0.3, 0.4) is 0 Å². The molecule has 22 heavy (non-hydrogen) atoms. The van der Waals surface area contributed by atoms with Crippen molar-refractivity contribution in [2.45, 2.75) is 11.8 Å². The summed E-state index contributed by atoms with van der Waals surface area (Å²) in [6, 6.07) is 4.37. The van der Waals surface area contributed by atoms with Gasteiger partial charge in [-0.25, -0.2) is 4.98 Å². The largest absolute Gasteiger partial charge is 0.443 e. The van der Waals surface area contributed by atoms with Gasteiger partial charge in [-0.15, -0.1) is 11.3 Å². The minimum absolute atomic E-state index is 0.00395. The molecule has 0 radical (unpaired) electrons. The van der Waals surface area contributed by atoms with Gasteiger partial charge in [0.25, 0.3) is 5.91 Å². The fourth-order valence-electron chi connectivity index (χ4n) is 2.32. The first kappa shape index (κ1) is 15.2. The van der Waals surface area contributed by atoms with Gasteiger partial charge < -0.3 is 15.1 Å². The summed E-state index contributed by atoms with van der Waals surface area (Å²) >= 11 is 0.481. The average Bonchev–Trinajstić information content (AvgIpc) is 2.87. The van der Waals surface area contributed by atoms with Gasteiger partial charge in [-0.1, -0.05) is 6.07 Å². The molecule has 1 aromatic carbocycles. The molecule has 2 aromatic rings. The fourth-order valence-corrected chi connectivity index (χ4v) is 3.18. The number of halogens is 3. The summed E-state index contributed by atoms with van der Waals surface area (Å²) in [5, 5.41) is 17.7. The van der Waals surface area contributed by atoms with Crippen molar-refractivity contribution in [3.05, 3.63) is 28.8 Å². The van der Waals surface area contributed by atoms with E-state index in [1.807, 2.05) is 0 Å². The van der Waals surface area contributed by atoms with Crippen molar-refractivity contribution < 1.29 is 28.2 Å². The summed E-state index contributed by atoms with van der Waals surface area (Å²) in [7, 11) is 0. The molecule has 1 saturated heterocycles. The van der Waals surface area contributed by atoms with Crippen molar-refractivity contribution in [2.75, 3.05) is 19.7 Å². The molecule has 1 aromatic heterocycles. The molecule has 2 heterocycles. The lowest BCUT2D eigenvalue weighted by atomic mass is 9.94. The first-order valence-electron chi connectivity index (χ1n) is 6.33. The van der Waals surface area contributed by atoms with Crippen molar-refractivity contribution in [3.63, 3.8) is 0 Å². The van der Waals surface area contributed by atoms with Gasteiger partial charge in [0.1, 0.15) is 5.60 Å². The minimum Gasteiger partial charge on any atom is -0.393 e. The van der Waals surface area contributed by atoms with E-state index in [-0.39, 0.29) is 28.9 Å². The highest BCUT2D eigenvalue weighted by molar-refractivity contribution is 7.18. The highest BCUT2D eigenvalue weighted by Crippen LogP contribution is 2.36. The highest BCUT2D eigenvalue weighted by Gasteiger charge is 2.44. The zero-order chi connectivity index (χ0) is 16.1. The Labute approximate surface area is 126 Å². The van der Waals surface area contributed by atoms with Gasteiger partial charge in [-0.3, -0.25) is 4.79 Å². The van der Waals surface area contributed by atoms with Crippen molar-refractivity contribution in [3.8, 4) is 0 Å². The predicted molar refractivity (Wildman–Crippen MR) is 72.6 cm³/mol. The van der Waals surface area contributed by atoms with Gasteiger partial charge in [0.15, 0.2) is 5.01 Å². The Balaban J connectivity index is 1.94. The van der Waals surface area contributed by atoms with Gasteiger partial charge in [0.05, 0.1) is 35.5 Å². The molecule has 0 bridgehead atoms. The lowest BCUT2D eigenvalue weighted by molar-refractivity contribution is -0.137. The molecule has 0 unspecified atom stereocenters. The van der Waals surface area contributed by atoms with E-state index in [0.717, 1.165) is 0 Å². The molecular formula is C13H11F3N2O3S. The molecule has 9 heteroatoms. The second kappa shape index (κ2) is 4.90. The summed E-state index contributed by atoms with van der Waals surface area (Å²) in [5.41, 5.74) is -1.27. The molecule has 1 fully saturated rings. The van der Waals surface area contributed by atoms with E-state index < -0.39 is 29.3 Å². The number of hydrogen-bond acceptors (Lipinski definition) is 5. The Morgan fingerprint density at radius 3 is 2.68 bits per heavy atom. The van der Waals surface area contributed by atoms with Crippen LogP contribution in [0.5, 0.6) is 0 Å². The molecule has 0 spiro atoms. The smallest absolute Gasteiger partial charge is 0.393 e. The Kier molecular flexibility index (Phi) is 3.38. The molecule has 0 aliphatic carbocycles. The molecule has 1 aliphatic rings. The van der Waals surface area contributed by atoms with Crippen molar-refractivity contribution in [2.24, 2.45) is 0 Å². The maximum absolute atomic E-state index is 12.7. The number of β-amino-alcohol motifs (C(OH)–C–C–N with tert-alkyl or cyclic N) is 1. The third-order valence-corrected chi connectivity index (χ3v) is 4.51. The molecule has 0 saturated carbocycles. The van der Waals surface area contributed by atoms with Crippen LogP contribution in [0.1, 0.15) is 15.4 Å². The van der Waals surface area contributed by atoms with Crippen LogP contribution in [0.15, 0.2) is 18.2 Å². The Morgan fingerprint density at radius 2 is 2.09 bits per heavy atom. The van der Waals surface area contributed by atoms with Crippen molar-refractivity contribution in [1.82, 2.24) is 9.88 Å². The second-order valence-corrected chi connectivity index (χ2v) is 6.24. The SMILES string of the molecule is O=C(c1cccc2sc(C(F)(F)F)nc12)N1CC(O)(CO)C1. The van der Waals surface area contributed by atoms with Crippen LogP contribution >= 0.6 is 11.3 Å². The van der Waals surface area contributed by atoms with E-state index in [2.05, 4.69) is 4.98 Å². The predicted octanol–water partition coefficient (Wildman–Crippen LogP) is 1.49. The topological polar surface area (TPSA) is 73.7 Å². The van der Waals surface area contributed by atoms with E-state index in [1.54, 1.807) is 0 Å². The molecule has 2 N–H and O–H groups in total. The van der Waals surface area contributed by atoms with Crippen LogP contribution in [0.4, 0.5) is 13.2 Å². The van der Waals surface area contributed by atoms with E-state index in [4.69, 9.17) is 5.11 Å². The second-order valence-electron chi connectivity index (χ2n) is 5.21. The van der Waals surface area contributed by atoms with Gasteiger partial charge in [0.2, 0.25) is 0 Å².